The van der Waals surface area contributed by atoms with Gasteiger partial charge in [0, 0.05) is 24.6 Å². The second-order valence-corrected chi connectivity index (χ2v) is 6.60. The predicted octanol–water partition coefficient (Wildman–Crippen LogP) is 2.99. The van der Waals surface area contributed by atoms with Crippen LogP contribution in [0.3, 0.4) is 0 Å². The molecule has 0 aliphatic carbocycles. The molecule has 132 valence electrons. The molecule has 1 aliphatic heterocycles. The minimum atomic E-state index is -0.0799. The van der Waals surface area contributed by atoms with Crippen LogP contribution in [0.25, 0.3) is 0 Å². The molecule has 5 heteroatoms. The highest BCUT2D eigenvalue weighted by molar-refractivity contribution is 5.94. The van der Waals surface area contributed by atoms with Gasteiger partial charge in [-0.1, -0.05) is 6.92 Å². The van der Waals surface area contributed by atoms with Gasteiger partial charge in [0.2, 0.25) is 5.91 Å². The van der Waals surface area contributed by atoms with Gasteiger partial charge in [-0.05, 0) is 57.4 Å². The Morgan fingerprint density at radius 3 is 2.62 bits per heavy atom. The van der Waals surface area contributed by atoms with E-state index >= 15 is 0 Å². The number of carbonyl (C=O) groups excluding carboxylic acids is 2. The molecule has 0 radical (unpaired) electrons. The average molecular weight is 332 g/mol. The first-order valence-electron chi connectivity index (χ1n) is 8.84. The zero-order valence-electron chi connectivity index (χ0n) is 14.9. The van der Waals surface area contributed by atoms with Gasteiger partial charge < -0.3 is 15.0 Å². The van der Waals surface area contributed by atoms with E-state index in [1.54, 1.807) is 12.1 Å². The zero-order valence-corrected chi connectivity index (χ0v) is 14.9. The number of ether oxygens (including phenoxy) is 1. The number of nitrogens with one attached hydrogen (secondary N) is 1. The molecular weight excluding hydrogens is 304 g/mol. The van der Waals surface area contributed by atoms with Crippen molar-refractivity contribution in [2.45, 2.75) is 58.5 Å². The highest BCUT2D eigenvalue weighted by Gasteiger charge is 2.28. The summed E-state index contributed by atoms with van der Waals surface area (Å²) in [5, 5.41) is 2.86. The molecule has 1 fully saturated rings. The molecule has 1 saturated heterocycles. The maximum Gasteiger partial charge on any atom is 0.251 e. The lowest BCUT2D eigenvalue weighted by Gasteiger charge is -2.24. The van der Waals surface area contributed by atoms with E-state index in [2.05, 4.69) is 5.32 Å². The van der Waals surface area contributed by atoms with Crippen molar-refractivity contribution in [1.29, 1.82) is 0 Å². The van der Waals surface area contributed by atoms with E-state index in [4.69, 9.17) is 4.74 Å². The molecule has 5 nitrogen and oxygen atoms in total. The number of hydrogen-bond donors (Lipinski definition) is 1. The van der Waals surface area contributed by atoms with E-state index in [0.29, 0.717) is 18.6 Å². The first-order valence-corrected chi connectivity index (χ1v) is 8.84. The van der Waals surface area contributed by atoms with Crippen molar-refractivity contribution in [2.24, 2.45) is 0 Å². The summed E-state index contributed by atoms with van der Waals surface area (Å²) in [4.78, 5) is 26.0. The SMILES string of the molecule is CCCC(=O)N1CCCC1COc1ccc(C(=O)NC(C)C)cc1. The maximum atomic E-state index is 12.1. The minimum Gasteiger partial charge on any atom is -0.491 e. The molecule has 1 heterocycles. The fourth-order valence-electron chi connectivity index (χ4n) is 2.94. The summed E-state index contributed by atoms with van der Waals surface area (Å²) in [6.07, 6.45) is 3.51. The highest BCUT2D eigenvalue weighted by atomic mass is 16.5. The minimum absolute atomic E-state index is 0.0799. The van der Waals surface area contributed by atoms with Gasteiger partial charge in [0.25, 0.3) is 5.91 Å². The molecule has 24 heavy (non-hydrogen) atoms. The Morgan fingerprint density at radius 1 is 1.29 bits per heavy atom. The molecule has 1 aromatic rings. The van der Waals surface area contributed by atoms with Crippen LogP contribution >= 0.6 is 0 Å². The summed E-state index contributed by atoms with van der Waals surface area (Å²) < 4.78 is 5.84. The van der Waals surface area contributed by atoms with Crippen LogP contribution in [-0.2, 0) is 4.79 Å². The number of benzene rings is 1. The van der Waals surface area contributed by atoms with Crippen LogP contribution in [0.2, 0.25) is 0 Å². The standard InChI is InChI=1S/C19H28N2O3/c1-4-6-18(22)21-12-5-7-16(21)13-24-17-10-8-15(9-11-17)19(23)20-14(2)3/h8-11,14,16H,4-7,12-13H2,1-3H3,(H,20,23). The average Bonchev–Trinajstić information content (AvgIpc) is 3.01. The van der Waals surface area contributed by atoms with Crippen LogP contribution in [0, 0.1) is 0 Å². The summed E-state index contributed by atoms with van der Waals surface area (Å²) in [5.74, 6) is 0.874. The third-order valence-corrected chi connectivity index (χ3v) is 4.14. The molecule has 0 saturated carbocycles. The summed E-state index contributed by atoms with van der Waals surface area (Å²) in [7, 11) is 0. The first-order chi connectivity index (χ1) is 11.5. The predicted molar refractivity (Wildman–Crippen MR) is 94.2 cm³/mol. The van der Waals surface area contributed by atoms with Gasteiger partial charge in [-0.3, -0.25) is 9.59 Å². The fraction of sp³-hybridized carbons (Fsp3) is 0.579. The molecule has 0 aromatic heterocycles. The summed E-state index contributed by atoms with van der Waals surface area (Å²) in [6.45, 7) is 7.23. The normalized spacial score (nSPS) is 17.2. The summed E-state index contributed by atoms with van der Waals surface area (Å²) in [5.41, 5.74) is 0.622. The van der Waals surface area contributed by atoms with E-state index in [1.165, 1.54) is 0 Å². The van der Waals surface area contributed by atoms with Gasteiger partial charge in [-0.15, -0.1) is 0 Å². The van der Waals surface area contributed by atoms with Crippen molar-refractivity contribution in [3.63, 3.8) is 0 Å². The van der Waals surface area contributed by atoms with Gasteiger partial charge in [-0.25, -0.2) is 0 Å². The third kappa shape index (κ3) is 4.98. The van der Waals surface area contributed by atoms with Gasteiger partial charge in [0.1, 0.15) is 12.4 Å². The maximum absolute atomic E-state index is 12.1. The molecule has 1 unspecified atom stereocenters. The Kier molecular flexibility index (Phi) is 6.64. The van der Waals surface area contributed by atoms with Crippen LogP contribution < -0.4 is 10.1 Å². The molecule has 0 bridgehead atoms. The second kappa shape index (κ2) is 8.71. The molecule has 1 aromatic carbocycles. The van der Waals surface area contributed by atoms with Crippen molar-refractivity contribution in [3.05, 3.63) is 29.8 Å². The lowest BCUT2D eigenvalue weighted by molar-refractivity contribution is -0.132. The van der Waals surface area contributed by atoms with Crippen molar-refractivity contribution in [1.82, 2.24) is 10.2 Å². The number of amides is 2. The summed E-state index contributed by atoms with van der Waals surface area (Å²) >= 11 is 0. The van der Waals surface area contributed by atoms with E-state index in [1.807, 2.05) is 37.8 Å². The van der Waals surface area contributed by atoms with Crippen molar-refractivity contribution < 1.29 is 14.3 Å². The lowest BCUT2D eigenvalue weighted by Crippen LogP contribution is -2.38. The number of hydrogen-bond acceptors (Lipinski definition) is 3. The van der Waals surface area contributed by atoms with E-state index in [0.717, 1.165) is 31.6 Å². The van der Waals surface area contributed by atoms with Crippen molar-refractivity contribution in [2.75, 3.05) is 13.2 Å². The van der Waals surface area contributed by atoms with Gasteiger partial charge >= 0.3 is 0 Å². The highest BCUT2D eigenvalue weighted by Crippen LogP contribution is 2.21. The Labute approximate surface area is 144 Å². The smallest absolute Gasteiger partial charge is 0.251 e. The third-order valence-electron chi connectivity index (χ3n) is 4.14. The van der Waals surface area contributed by atoms with Crippen LogP contribution in [0.5, 0.6) is 5.75 Å². The lowest BCUT2D eigenvalue weighted by atomic mass is 10.2. The molecule has 0 spiro atoms. The van der Waals surface area contributed by atoms with Gasteiger partial charge in [-0.2, -0.15) is 0 Å². The van der Waals surface area contributed by atoms with E-state index < -0.39 is 0 Å². The number of carbonyl (C=O) groups is 2. The Morgan fingerprint density at radius 2 is 2.00 bits per heavy atom. The van der Waals surface area contributed by atoms with Gasteiger partial charge in [0.15, 0.2) is 0 Å². The topological polar surface area (TPSA) is 58.6 Å². The fourth-order valence-corrected chi connectivity index (χ4v) is 2.94. The van der Waals surface area contributed by atoms with Crippen LogP contribution in [0.1, 0.15) is 56.8 Å². The molecule has 1 N–H and O–H groups in total. The second-order valence-electron chi connectivity index (χ2n) is 6.60. The van der Waals surface area contributed by atoms with Crippen LogP contribution in [0.4, 0.5) is 0 Å². The molecule has 2 rings (SSSR count). The summed E-state index contributed by atoms with van der Waals surface area (Å²) in [6, 6.07) is 7.42. The Bertz CT molecular complexity index is 554. The quantitative estimate of drug-likeness (QED) is 0.835. The molecule has 1 aliphatic rings. The Balaban J connectivity index is 1.88. The number of rotatable bonds is 7. The van der Waals surface area contributed by atoms with Crippen molar-refractivity contribution >= 4 is 11.8 Å². The first kappa shape index (κ1) is 18.3. The molecular formula is C19H28N2O3. The Hall–Kier alpha value is -2.04. The van der Waals surface area contributed by atoms with Gasteiger partial charge in [0.05, 0.1) is 6.04 Å². The molecule has 1 atom stereocenters. The van der Waals surface area contributed by atoms with Crippen LogP contribution in [0.15, 0.2) is 24.3 Å². The monoisotopic (exact) mass is 332 g/mol. The van der Waals surface area contributed by atoms with E-state index in [-0.39, 0.29) is 23.9 Å². The van der Waals surface area contributed by atoms with E-state index in [9.17, 15) is 9.59 Å². The van der Waals surface area contributed by atoms with Crippen molar-refractivity contribution in [3.8, 4) is 5.75 Å². The largest absolute Gasteiger partial charge is 0.491 e. The number of nitrogens with zero attached hydrogens (tertiary/aromatic N) is 1. The molecule has 2 amide bonds. The zero-order chi connectivity index (χ0) is 17.5. The number of likely N-dealkylation sites (tertiary alicyclic amines) is 1. The van der Waals surface area contributed by atoms with Crippen LogP contribution in [-0.4, -0.2) is 41.9 Å².